The number of hydrogen-bond donors (Lipinski definition) is 2. The maximum atomic E-state index is 13.0. The predicted octanol–water partition coefficient (Wildman–Crippen LogP) is 3.02. The second kappa shape index (κ2) is 6.39. The minimum atomic E-state index is -0.206. The van der Waals surface area contributed by atoms with E-state index in [1.165, 1.54) is 12.1 Å². The van der Waals surface area contributed by atoms with Gasteiger partial charge in [-0.1, -0.05) is 18.2 Å². The molecule has 1 aromatic heterocycles. The maximum absolute atomic E-state index is 13.0. The highest BCUT2D eigenvalue weighted by Crippen LogP contribution is 2.31. The van der Waals surface area contributed by atoms with Crippen LogP contribution in [0.3, 0.4) is 0 Å². The number of oxazole rings is 1. The second-order valence-corrected chi connectivity index (χ2v) is 7.44. The quantitative estimate of drug-likeness (QED) is 0.748. The molecule has 3 aromatic rings. The molecule has 0 radical (unpaired) electrons. The Morgan fingerprint density at radius 2 is 1.96 bits per heavy atom. The Balaban J connectivity index is 1.48. The van der Waals surface area contributed by atoms with Gasteiger partial charge in [0.1, 0.15) is 11.3 Å². The number of amides is 1. The molecule has 0 saturated carbocycles. The molecule has 2 bridgehead atoms. The number of phenolic OH excluding ortho intramolecular Hbond substituents is 1. The molecule has 3 aliphatic rings. The average molecular weight is 363 g/mol. The first-order chi connectivity index (χ1) is 13.2. The lowest BCUT2D eigenvalue weighted by molar-refractivity contribution is 0.0621. The molecule has 2 aromatic carbocycles. The summed E-state index contributed by atoms with van der Waals surface area (Å²) >= 11 is 0. The zero-order valence-electron chi connectivity index (χ0n) is 14.9. The van der Waals surface area contributed by atoms with Crippen LogP contribution in [0.2, 0.25) is 0 Å². The van der Waals surface area contributed by atoms with Gasteiger partial charge in [0.05, 0.1) is 5.56 Å². The van der Waals surface area contributed by atoms with Crippen molar-refractivity contribution in [2.45, 2.75) is 18.9 Å². The van der Waals surface area contributed by atoms with Crippen LogP contribution in [0.4, 0.5) is 0 Å². The van der Waals surface area contributed by atoms with Crippen LogP contribution < -0.4 is 5.32 Å². The van der Waals surface area contributed by atoms with Gasteiger partial charge in [-0.2, -0.15) is 0 Å². The largest absolute Gasteiger partial charge is 0.508 e. The van der Waals surface area contributed by atoms with Crippen LogP contribution in [0.25, 0.3) is 22.6 Å². The number of benzene rings is 2. The molecular weight excluding hydrogens is 342 g/mol. The van der Waals surface area contributed by atoms with Crippen LogP contribution in [0, 0.1) is 5.92 Å². The van der Waals surface area contributed by atoms with Gasteiger partial charge in [0.25, 0.3) is 5.91 Å². The molecule has 0 unspecified atom stereocenters. The molecule has 27 heavy (non-hydrogen) atoms. The van der Waals surface area contributed by atoms with Gasteiger partial charge in [-0.15, -0.1) is 0 Å². The zero-order valence-corrected chi connectivity index (χ0v) is 14.9. The highest BCUT2D eigenvalue weighted by Gasteiger charge is 2.35. The van der Waals surface area contributed by atoms with E-state index >= 15 is 0 Å². The van der Waals surface area contributed by atoms with Crippen LogP contribution in [0.1, 0.15) is 23.2 Å². The van der Waals surface area contributed by atoms with Crippen LogP contribution in [-0.4, -0.2) is 46.6 Å². The molecule has 6 rings (SSSR count). The zero-order chi connectivity index (χ0) is 18.4. The summed E-state index contributed by atoms with van der Waals surface area (Å²) in [5.41, 5.74) is 2.07. The normalized spacial score (nSPS) is 24.2. The summed E-state index contributed by atoms with van der Waals surface area (Å²) in [6, 6.07) is 12.7. The van der Waals surface area contributed by atoms with Gasteiger partial charge >= 0.3 is 0 Å². The summed E-state index contributed by atoms with van der Waals surface area (Å²) in [5.74, 6) is 0.761. The maximum Gasteiger partial charge on any atom is 0.254 e. The van der Waals surface area contributed by atoms with E-state index in [-0.39, 0.29) is 17.7 Å². The minimum Gasteiger partial charge on any atom is -0.508 e. The van der Waals surface area contributed by atoms with Crippen molar-refractivity contribution >= 4 is 17.0 Å². The molecular formula is C21H21N3O3. The number of piperidine rings is 3. The molecule has 1 amide bonds. The predicted molar refractivity (Wildman–Crippen MR) is 102 cm³/mol. The number of nitrogens with one attached hydrogen (secondary N) is 1. The molecule has 6 nitrogen and oxygen atoms in total. The van der Waals surface area contributed by atoms with Crippen molar-refractivity contribution in [1.29, 1.82) is 0 Å². The van der Waals surface area contributed by atoms with E-state index in [2.05, 4.69) is 15.2 Å². The Morgan fingerprint density at radius 1 is 1.19 bits per heavy atom. The van der Waals surface area contributed by atoms with E-state index in [1.807, 2.05) is 30.3 Å². The average Bonchev–Trinajstić information content (AvgIpc) is 3.13. The number of phenols is 1. The Labute approximate surface area is 156 Å². The molecule has 6 heteroatoms. The first-order valence-corrected chi connectivity index (χ1v) is 9.39. The number of carbonyl (C=O) groups is 1. The molecule has 3 fully saturated rings. The van der Waals surface area contributed by atoms with Crippen LogP contribution in [-0.2, 0) is 0 Å². The Hall–Kier alpha value is -2.86. The van der Waals surface area contributed by atoms with E-state index in [0.717, 1.165) is 38.0 Å². The van der Waals surface area contributed by atoms with E-state index < -0.39 is 0 Å². The smallest absolute Gasteiger partial charge is 0.254 e. The van der Waals surface area contributed by atoms with Crippen molar-refractivity contribution < 1.29 is 14.3 Å². The summed E-state index contributed by atoms with van der Waals surface area (Å²) < 4.78 is 5.81. The fraction of sp³-hybridized carbons (Fsp3) is 0.333. The number of aromatic nitrogens is 1. The number of fused-ring (bicyclic) bond motifs is 4. The third-order valence-corrected chi connectivity index (χ3v) is 5.72. The molecule has 3 aliphatic heterocycles. The van der Waals surface area contributed by atoms with Gasteiger partial charge in [-0.05, 0) is 50.0 Å². The lowest BCUT2D eigenvalue weighted by Crippen LogP contribution is -2.57. The molecule has 1 atom stereocenters. The van der Waals surface area contributed by atoms with E-state index in [1.54, 1.807) is 0 Å². The summed E-state index contributed by atoms with van der Waals surface area (Å²) in [6.07, 6.45) is 2.25. The second-order valence-electron chi connectivity index (χ2n) is 7.44. The molecule has 0 aliphatic carbocycles. The topological polar surface area (TPSA) is 78.6 Å². The van der Waals surface area contributed by atoms with Gasteiger partial charge in [-0.25, -0.2) is 4.98 Å². The third kappa shape index (κ3) is 2.96. The minimum absolute atomic E-state index is 0.00248. The summed E-state index contributed by atoms with van der Waals surface area (Å²) in [7, 11) is 0. The molecule has 3 saturated heterocycles. The lowest BCUT2D eigenvalue weighted by Gasteiger charge is -2.44. The van der Waals surface area contributed by atoms with Crippen molar-refractivity contribution in [1.82, 2.24) is 15.2 Å². The Kier molecular flexibility index (Phi) is 3.86. The highest BCUT2D eigenvalue weighted by atomic mass is 16.3. The monoisotopic (exact) mass is 363 g/mol. The van der Waals surface area contributed by atoms with Crippen molar-refractivity contribution in [2.24, 2.45) is 5.92 Å². The number of rotatable bonds is 3. The van der Waals surface area contributed by atoms with E-state index in [4.69, 9.17) is 4.42 Å². The Morgan fingerprint density at radius 3 is 2.67 bits per heavy atom. The molecule has 138 valence electrons. The third-order valence-electron chi connectivity index (χ3n) is 5.72. The van der Waals surface area contributed by atoms with E-state index in [0.29, 0.717) is 28.5 Å². The number of carbonyl (C=O) groups excluding carboxylic acids is 1. The standard InChI is InChI=1S/C21H21N3O3/c25-15-10-16(20(26)22-17-12-24-8-6-13(17)7-9-24)19-18(11-15)27-21(23-19)14-4-2-1-3-5-14/h1-5,10-11,13,17,25H,6-9,12H2,(H,22,26)/t17-/m1/s1. The van der Waals surface area contributed by atoms with Crippen molar-refractivity contribution in [2.75, 3.05) is 19.6 Å². The van der Waals surface area contributed by atoms with Crippen LogP contribution in [0.5, 0.6) is 5.75 Å². The SMILES string of the molecule is O=C(N[C@@H]1CN2CCC1CC2)c1cc(O)cc2oc(-c3ccccc3)nc12. The molecule has 0 spiro atoms. The van der Waals surface area contributed by atoms with Crippen LogP contribution in [0.15, 0.2) is 46.9 Å². The van der Waals surface area contributed by atoms with Gasteiger partial charge in [0.2, 0.25) is 5.89 Å². The highest BCUT2D eigenvalue weighted by molar-refractivity contribution is 6.05. The number of nitrogens with zero attached hydrogens (tertiary/aromatic N) is 2. The van der Waals surface area contributed by atoms with Gasteiger partial charge in [0.15, 0.2) is 5.58 Å². The molecule has 4 heterocycles. The number of aromatic hydroxyl groups is 1. The lowest BCUT2D eigenvalue weighted by atomic mass is 9.84. The van der Waals surface area contributed by atoms with Crippen molar-refractivity contribution in [3.63, 3.8) is 0 Å². The van der Waals surface area contributed by atoms with Gasteiger partial charge in [-0.3, -0.25) is 4.79 Å². The first kappa shape index (κ1) is 16.3. The Bertz CT molecular complexity index is 991. The van der Waals surface area contributed by atoms with Gasteiger partial charge < -0.3 is 19.7 Å². The van der Waals surface area contributed by atoms with Crippen molar-refractivity contribution in [3.05, 3.63) is 48.0 Å². The van der Waals surface area contributed by atoms with Gasteiger partial charge in [0, 0.05) is 24.2 Å². The van der Waals surface area contributed by atoms with Crippen molar-refractivity contribution in [3.8, 4) is 17.2 Å². The summed E-state index contributed by atoms with van der Waals surface area (Å²) in [5, 5.41) is 13.2. The summed E-state index contributed by atoms with van der Waals surface area (Å²) in [4.78, 5) is 19.9. The van der Waals surface area contributed by atoms with Crippen LogP contribution >= 0.6 is 0 Å². The fourth-order valence-corrected chi connectivity index (χ4v) is 4.27. The first-order valence-electron chi connectivity index (χ1n) is 9.39. The fourth-order valence-electron chi connectivity index (χ4n) is 4.27. The van der Waals surface area contributed by atoms with E-state index in [9.17, 15) is 9.90 Å². The molecule has 2 N–H and O–H groups in total. The number of hydrogen-bond acceptors (Lipinski definition) is 5. The summed E-state index contributed by atoms with van der Waals surface area (Å²) in [6.45, 7) is 3.14.